The van der Waals surface area contributed by atoms with E-state index < -0.39 is 0 Å². The molecule has 1 aliphatic rings. The maximum Gasteiger partial charge on any atom is 0.306 e. The van der Waals surface area contributed by atoms with Crippen LogP contribution in [0.3, 0.4) is 0 Å². The first-order valence-corrected chi connectivity index (χ1v) is 6.05. The van der Waals surface area contributed by atoms with Crippen LogP contribution in [0.2, 0.25) is 0 Å². The van der Waals surface area contributed by atoms with Crippen LogP contribution in [-0.2, 0) is 14.3 Å². The Morgan fingerprint density at radius 1 is 1.29 bits per heavy atom. The molecule has 1 aliphatic heterocycles. The van der Waals surface area contributed by atoms with Gasteiger partial charge in [0.2, 0.25) is 5.91 Å². The fourth-order valence-corrected chi connectivity index (χ4v) is 2.07. The fraction of sp³-hybridized carbons (Fsp3) is 0.833. The second kappa shape index (κ2) is 6.59. The molecule has 0 bridgehead atoms. The molecule has 1 amide bonds. The molecule has 0 aromatic rings. The SMILES string of the molecule is COC(=O)CCC(=O)N(C)C1CCN(C)CC1. The zero-order valence-corrected chi connectivity index (χ0v) is 10.9. The first-order valence-electron chi connectivity index (χ1n) is 6.05. The molecular weight excluding hydrogens is 220 g/mol. The zero-order chi connectivity index (χ0) is 12.8. The number of hydrogen-bond acceptors (Lipinski definition) is 4. The molecule has 1 rings (SSSR count). The van der Waals surface area contributed by atoms with E-state index in [1.165, 1.54) is 7.11 Å². The van der Waals surface area contributed by atoms with Crippen molar-refractivity contribution in [1.82, 2.24) is 9.80 Å². The van der Waals surface area contributed by atoms with Crippen molar-refractivity contribution >= 4 is 11.9 Å². The number of amides is 1. The van der Waals surface area contributed by atoms with E-state index in [1.807, 2.05) is 7.05 Å². The van der Waals surface area contributed by atoms with E-state index >= 15 is 0 Å². The second-order valence-corrected chi connectivity index (χ2v) is 4.62. The summed E-state index contributed by atoms with van der Waals surface area (Å²) in [6, 6.07) is 0.316. The molecule has 0 atom stereocenters. The monoisotopic (exact) mass is 242 g/mol. The van der Waals surface area contributed by atoms with E-state index in [0.717, 1.165) is 25.9 Å². The molecule has 5 nitrogen and oxygen atoms in total. The maximum atomic E-state index is 11.8. The summed E-state index contributed by atoms with van der Waals surface area (Å²) >= 11 is 0. The fourth-order valence-electron chi connectivity index (χ4n) is 2.07. The van der Waals surface area contributed by atoms with Crippen LogP contribution in [0.15, 0.2) is 0 Å². The maximum absolute atomic E-state index is 11.8. The lowest BCUT2D eigenvalue weighted by molar-refractivity contribution is -0.144. The normalized spacial score (nSPS) is 17.8. The number of methoxy groups -OCH3 is 1. The Balaban J connectivity index is 2.33. The van der Waals surface area contributed by atoms with Gasteiger partial charge >= 0.3 is 5.97 Å². The van der Waals surface area contributed by atoms with Gasteiger partial charge in [0.15, 0.2) is 0 Å². The number of nitrogens with zero attached hydrogens (tertiary/aromatic N) is 2. The molecule has 1 fully saturated rings. The summed E-state index contributed by atoms with van der Waals surface area (Å²) in [7, 11) is 5.26. The molecule has 0 unspecified atom stereocenters. The van der Waals surface area contributed by atoms with Crippen molar-refractivity contribution in [1.29, 1.82) is 0 Å². The third-order valence-corrected chi connectivity index (χ3v) is 3.40. The molecule has 5 heteroatoms. The van der Waals surface area contributed by atoms with Crippen LogP contribution in [0.4, 0.5) is 0 Å². The number of piperidine rings is 1. The summed E-state index contributed by atoms with van der Waals surface area (Å²) in [5.74, 6) is -0.292. The lowest BCUT2D eigenvalue weighted by atomic mass is 10.0. The third kappa shape index (κ3) is 4.34. The summed E-state index contributed by atoms with van der Waals surface area (Å²) in [5, 5.41) is 0. The van der Waals surface area contributed by atoms with Crippen LogP contribution in [0.5, 0.6) is 0 Å². The highest BCUT2D eigenvalue weighted by atomic mass is 16.5. The molecular formula is C12H22N2O3. The highest BCUT2D eigenvalue weighted by Gasteiger charge is 2.23. The van der Waals surface area contributed by atoms with Gasteiger partial charge in [-0.2, -0.15) is 0 Å². The molecule has 1 saturated heterocycles. The van der Waals surface area contributed by atoms with Gasteiger partial charge in [-0.25, -0.2) is 0 Å². The van der Waals surface area contributed by atoms with Crippen LogP contribution in [0.1, 0.15) is 25.7 Å². The predicted octanol–water partition coefficient (Wildman–Crippen LogP) is 0.492. The number of likely N-dealkylation sites (tertiary alicyclic amines) is 1. The molecule has 0 aromatic carbocycles. The van der Waals surface area contributed by atoms with Gasteiger partial charge in [0.05, 0.1) is 13.5 Å². The lowest BCUT2D eigenvalue weighted by Gasteiger charge is -2.35. The van der Waals surface area contributed by atoms with Crippen molar-refractivity contribution < 1.29 is 14.3 Å². The molecule has 0 spiro atoms. The predicted molar refractivity (Wildman–Crippen MR) is 64.5 cm³/mol. The van der Waals surface area contributed by atoms with Crippen LogP contribution in [0, 0.1) is 0 Å². The minimum atomic E-state index is -0.324. The van der Waals surface area contributed by atoms with Crippen LogP contribution in [-0.4, -0.2) is 62.0 Å². The van der Waals surface area contributed by atoms with Crippen molar-refractivity contribution in [3.8, 4) is 0 Å². The van der Waals surface area contributed by atoms with Gasteiger partial charge in [-0.15, -0.1) is 0 Å². The topological polar surface area (TPSA) is 49.9 Å². The Labute approximate surface area is 103 Å². The van der Waals surface area contributed by atoms with Crippen LogP contribution in [0.25, 0.3) is 0 Å². The van der Waals surface area contributed by atoms with Gasteiger partial charge in [-0.05, 0) is 33.0 Å². The molecule has 0 radical (unpaired) electrons. The first kappa shape index (κ1) is 14.0. The van der Waals surface area contributed by atoms with E-state index in [-0.39, 0.29) is 24.7 Å². The largest absolute Gasteiger partial charge is 0.469 e. The average molecular weight is 242 g/mol. The van der Waals surface area contributed by atoms with E-state index in [2.05, 4.69) is 16.7 Å². The van der Waals surface area contributed by atoms with Crippen molar-refractivity contribution in [2.24, 2.45) is 0 Å². The molecule has 17 heavy (non-hydrogen) atoms. The van der Waals surface area contributed by atoms with Crippen molar-refractivity contribution in [2.75, 3.05) is 34.3 Å². The number of hydrogen-bond donors (Lipinski definition) is 0. The van der Waals surface area contributed by atoms with E-state index in [1.54, 1.807) is 4.90 Å². The zero-order valence-electron chi connectivity index (χ0n) is 10.9. The minimum Gasteiger partial charge on any atom is -0.469 e. The number of rotatable bonds is 4. The molecule has 0 N–H and O–H groups in total. The standard InChI is InChI=1S/C12H22N2O3/c1-13-8-6-10(7-9-13)14(2)11(15)4-5-12(16)17-3/h10H,4-9H2,1-3H3. The average Bonchev–Trinajstić information content (AvgIpc) is 2.35. The molecule has 0 saturated carbocycles. The number of ether oxygens (including phenoxy) is 1. The molecule has 0 aromatic heterocycles. The quantitative estimate of drug-likeness (QED) is 0.673. The highest BCUT2D eigenvalue weighted by molar-refractivity contribution is 5.81. The number of esters is 1. The van der Waals surface area contributed by atoms with Crippen LogP contribution >= 0.6 is 0 Å². The van der Waals surface area contributed by atoms with Gasteiger partial charge in [-0.1, -0.05) is 0 Å². The Bertz CT molecular complexity index is 273. The minimum absolute atomic E-state index is 0.0324. The Kier molecular flexibility index (Phi) is 5.41. The molecule has 0 aliphatic carbocycles. The Hall–Kier alpha value is -1.10. The van der Waals surface area contributed by atoms with Gasteiger partial charge in [0, 0.05) is 19.5 Å². The number of carbonyl (C=O) groups excluding carboxylic acids is 2. The van der Waals surface area contributed by atoms with E-state index in [9.17, 15) is 9.59 Å². The van der Waals surface area contributed by atoms with Gasteiger partial charge in [0.25, 0.3) is 0 Å². The lowest BCUT2D eigenvalue weighted by Crippen LogP contribution is -2.44. The van der Waals surface area contributed by atoms with Gasteiger partial charge in [0.1, 0.15) is 0 Å². The third-order valence-electron chi connectivity index (χ3n) is 3.40. The van der Waals surface area contributed by atoms with E-state index in [0.29, 0.717) is 6.04 Å². The highest BCUT2D eigenvalue weighted by Crippen LogP contribution is 2.15. The van der Waals surface area contributed by atoms with Crippen LogP contribution < -0.4 is 0 Å². The van der Waals surface area contributed by atoms with E-state index in [4.69, 9.17) is 0 Å². The molecule has 98 valence electrons. The summed E-state index contributed by atoms with van der Waals surface area (Å²) < 4.78 is 4.52. The van der Waals surface area contributed by atoms with Crippen molar-refractivity contribution in [3.63, 3.8) is 0 Å². The van der Waals surface area contributed by atoms with Crippen molar-refractivity contribution in [2.45, 2.75) is 31.7 Å². The Morgan fingerprint density at radius 3 is 2.41 bits per heavy atom. The summed E-state index contributed by atoms with van der Waals surface area (Å²) in [5.41, 5.74) is 0. The summed E-state index contributed by atoms with van der Waals surface area (Å²) in [4.78, 5) is 26.9. The van der Waals surface area contributed by atoms with Gasteiger partial charge < -0.3 is 14.5 Å². The van der Waals surface area contributed by atoms with Gasteiger partial charge in [-0.3, -0.25) is 9.59 Å². The summed E-state index contributed by atoms with van der Waals surface area (Å²) in [6.07, 6.45) is 2.44. The first-order chi connectivity index (χ1) is 8.04. The summed E-state index contributed by atoms with van der Waals surface area (Å²) in [6.45, 7) is 2.05. The number of carbonyl (C=O) groups is 2. The van der Waals surface area contributed by atoms with Crippen molar-refractivity contribution in [3.05, 3.63) is 0 Å². The smallest absolute Gasteiger partial charge is 0.306 e. The Morgan fingerprint density at radius 2 is 1.88 bits per heavy atom. The molecule has 1 heterocycles. The second-order valence-electron chi connectivity index (χ2n) is 4.62.